The topological polar surface area (TPSA) is 91.8 Å². The average molecular weight is 289 g/mol. The average Bonchev–Trinajstić information content (AvgIpc) is 2.46. The number of pyridine rings is 1. The Hall–Kier alpha value is -2.65. The molecule has 2 rings (SSSR count). The van der Waals surface area contributed by atoms with Gasteiger partial charge in [-0.15, -0.1) is 0 Å². The molecular formula is C13H9ClN4O2. The van der Waals surface area contributed by atoms with Crippen molar-refractivity contribution in [2.45, 2.75) is 6.54 Å². The van der Waals surface area contributed by atoms with Gasteiger partial charge in [0, 0.05) is 17.8 Å². The summed E-state index contributed by atoms with van der Waals surface area (Å²) >= 11 is 5.78. The molecule has 2 aromatic rings. The number of nitriles is 1. The number of nitrogens with zero attached hydrogens (tertiary/aromatic N) is 3. The van der Waals surface area contributed by atoms with Crippen LogP contribution >= 0.6 is 11.6 Å². The van der Waals surface area contributed by atoms with Gasteiger partial charge in [-0.3, -0.25) is 10.1 Å². The summed E-state index contributed by atoms with van der Waals surface area (Å²) in [5, 5.41) is 23.4. The highest BCUT2D eigenvalue weighted by Crippen LogP contribution is 2.26. The van der Waals surface area contributed by atoms with Crippen LogP contribution in [-0.4, -0.2) is 9.91 Å². The molecule has 20 heavy (non-hydrogen) atoms. The van der Waals surface area contributed by atoms with Crippen LogP contribution in [-0.2, 0) is 6.54 Å². The van der Waals surface area contributed by atoms with Gasteiger partial charge in [-0.1, -0.05) is 23.7 Å². The van der Waals surface area contributed by atoms with Crippen molar-refractivity contribution in [3.63, 3.8) is 0 Å². The molecule has 1 aromatic heterocycles. The lowest BCUT2D eigenvalue weighted by Gasteiger charge is -2.07. The number of halogens is 1. The zero-order valence-electron chi connectivity index (χ0n) is 10.2. The number of benzene rings is 1. The van der Waals surface area contributed by atoms with Gasteiger partial charge in [0.2, 0.25) is 5.82 Å². The van der Waals surface area contributed by atoms with Crippen LogP contribution in [0.5, 0.6) is 0 Å². The zero-order chi connectivity index (χ0) is 14.5. The molecule has 1 aromatic carbocycles. The Morgan fingerprint density at radius 2 is 2.05 bits per heavy atom. The smallest absolute Gasteiger partial charge is 0.328 e. The molecule has 0 atom stereocenters. The molecule has 0 unspecified atom stereocenters. The fourth-order valence-corrected chi connectivity index (χ4v) is 1.77. The second-order valence-corrected chi connectivity index (χ2v) is 4.34. The number of nitro groups is 1. The van der Waals surface area contributed by atoms with Gasteiger partial charge in [0.05, 0.1) is 4.92 Å². The van der Waals surface area contributed by atoms with E-state index in [4.69, 9.17) is 16.9 Å². The Morgan fingerprint density at radius 1 is 1.35 bits per heavy atom. The molecule has 0 spiro atoms. The Kier molecular flexibility index (Phi) is 4.13. The van der Waals surface area contributed by atoms with E-state index in [1.54, 1.807) is 30.3 Å². The van der Waals surface area contributed by atoms with Gasteiger partial charge in [-0.25, -0.2) is 4.98 Å². The van der Waals surface area contributed by atoms with Crippen LogP contribution < -0.4 is 5.32 Å². The number of nitrogens with one attached hydrogen (secondary N) is 1. The maximum atomic E-state index is 11.0. The molecule has 0 saturated heterocycles. The fraction of sp³-hybridized carbons (Fsp3) is 0.0769. The zero-order valence-corrected chi connectivity index (χ0v) is 11.0. The molecule has 0 aliphatic rings. The minimum atomic E-state index is -0.615. The Morgan fingerprint density at radius 3 is 2.65 bits per heavy atom. The molecule has 0 saturated carbocycles. The van der Waals surface area contributed by atoms with Gasteiger partial charge in [0.1, 0.15) is 11.6 Å². The SMILES string of the molecule is N#Cc1ccnc(NCc2ccc(Cl)cc2)c1[N+](=O)[O-]. The van der Waals surface area contributed by atoms with Gasteiger partial charge < -0.3 is 5.32 Å². The van der Waals surface area contributed by atoms with Crippen LogP contribution in [0.3, 0.4) is 0 Å². The van der Waals surface area contributed by atoms with Crippen LogP contribution in [0.1, 0.15) is 11.1 Å². The van der Waals surface area contributed by atoms with Gasteiger partial charge in [0.25, 0.3) is 0 Å². The van der Waals surface area contributed by atoms with E-state index in [2.05, 4.69) is 10.3 Å². The summed E-state index contributed by atoms with van der Waals surface area (Å²) in [6.07, 6.45) is 1.36. The Labute approximate surface area is 119 Å². The van der Waals surface area contributed by atoms with Crippen LogP contribution in [0.4, 0.5) is 11.5 Å². The lowest BCUT2D eigenvalue weighted by Crippen LogP contribution is -2.06. The third-order valence-corrected chi connectivity index (χ3v) is 2.85. The van der Waals surface area contributed by atoms with E-state index < -0.39 is 4.92 Å². The van der Waals surface area contributed by atoms with Crippen LogP contribution in [0, 0.1) is 21.4 Å². The molecule has 0 bridgehead atoms. The monoisotopic (exact) mass is 288 g/mol. The quantitative estimate of drug-likeness (QED) is 0.689. The fourth-order valence-electron chi connectivity index (χ4n) is 1.65. The maximum Gasteiger partial charge on any atom is 0.328 e. The van der Waals surface area contributed by atoms with Crippen molar-refractivity contribution in [1.82, 2.24) is 4.98 Å². The van der Waals surface area contributed by atoms with Crippen molar-refractivity contribution in [3.8, 4) is 6.07 Å². The second-order valence-electron chi connectivity index (χ2n) is 3.90. The summed E-state index contributed by atoms with van der Waals surface area (Å²) in [5.74, 6) is 0.0731. The summed E-state index contributed by atoms with van der Waals surface area (Å²) in [6, 6.07) is 10.2. The maximum absolute atomic E-state index is 11.0. The van der Waals surface area contributed by atoms with Crippen LogP contribution in [0.25, 0.3) is 0 Å². The molecule has 0 aliphatic carbocycles. The minimum Gasteiger partial charge on any atom is -0.360 e. The molecule has 7 heteroatoms. The van der Waals surface area contributed by atoms with Crippen molar-refractivity contribution in [2.75, 3.05) is 5.32 Å². The number of rotatable bonds is 4. The molecule has 1 N–H and O–H groups in total. The van der Waals surface area contributed by atoms with Gasteiger partial charge in [-0.2, -0.15) is 5.26 Å². The van der Waals surface area contributed by atoms with E-state index in [1.165, 1.54) is 12.3 Å². The first-order valence-electron chi connectivity index (χ1n) is 5.63. The van der Waals surface area contributed by atoms with E-state index in [-0.39, 0.29) is 17.1 Å². The molecule has 1 heterocycles. The summed E-state index contributed by atoms with van der Waals surface area (Å²) in [6.45, 7) is 0.347. The third kappa shape index (κ3) is 3.02. The number of hydrogen-bond donors (Lipinski definition) is 1. The Bertz CT molecular complexity index is 680. The first kappa shape index (κ1) is 13.8. The summed E-state index contributed by atoms with van der Waals surface area (Å²) < 4.78 is 0. The lowest BCUT2D eigenvalue weighted by atomic mass is 10.2. The lowest BCUT2D eigenvalue weighted by molar-refractivity contribution is -0.384. The van der Waals surface area contributed by atoms with Crippen molar-refractivity contribution < 1.29 is 4.92 Å². The third-order valence-electron chi connectivity index (χ3n) is 2.60. The number of aromatic nitrogens is 1. The van der Waals surface area contributed by atoms with Gasteiger partial charge >= 0.3 is 5.69 Å². The predicted molar refractivity (Wildman–Crippen MR) is 74.4 cm³/mol. The molecule has 0 amide bonds. The van der Waals surface area contributed by atoms with E-state index in [9.17, 15) is 10.1 Å². The largest absolute Gasteiger partial charge is 0.360 e. The normalized spacial score (nSPS) is 9.80. The van der Waals surface area contributed by atoms with E-state index in [1.807, 2.05) is 0 Å². The molecule has 0 fully saturated rings. The van der Waals surface area contributed by atoms with E-state index in [0.29, 0.717) is 11.6 Å². The Balaban J connectivity index is 2.23. The minimum absolute atomic E-state index is 0.0244. The van der Waals surface area contributed by atoms with E-state index in [0.717, 1.165) is 5.56 Å². The molecule has 6 nitrogen and oxygen atoms in total. The first-order valence-corrected chi connectivity index (χ1v) is 6.01. The van der Waals surface area contributed by atoms with E-state index >= 15 is 0 Å². The summed E-state index contributed by atoms with van der Waals surface area (Å²) in [7, 11) is 0. The predicted octanol–water partition coefficient (Wildman–Crippen LogP) is 3.13. The van der Waals surface area contributed by atoms with Gasteiger partial charge in [-0.05, 0) is 23.8 Å². The van der Waals surface area contributed by atoms with Crippen molar-refractivity contribution >= 4 is 23.1 Å². The van der Waals surface area contributed by atoms with Crippen molar-refractivity contribution in [3.05, 3.63) is 62.8 Å². The standard InChI is InChI=1S/C13H9ClN4O2/c14-11-3-1-9(2-4-11)8-17-13-12(18(19)20)10(7-15)5-6-16-13/h1-6H,8H2,(H,16,17). The highest BCUT2D eigenvalue weighted by atomic mass is 35.5. The summed E-state index contributed by atoms with van der Waals surface area (Å²) in [5.41, 5.74) is 0.556. The highest BCUT2D eigenvalue weighted by molar-refractivity contribution is 6.30. The molecule has 0 aliphatic heterocycles. The van der Waals surface area contributed by atoms with Crippen LogP contribution in [0.2, 0.25) is 5.02 Å². The number of hydrogen-bond acceptors (Lipinski definition) is 5. The van der Waals surface area contributed by atoms with Crippen molar-refractivity contribution in [1.29, 1.82) is 5.26 Å². The number of anilines is 1. The highest BCUT2D eigenvalue weighted by Gasteiger charge is 2.20. The first-order chi connectivity index (χ1) is 9.61. The van der Waals surface area contributed by atoms with Crippen molar-refractivity contribution in [2.24, 2.45) is 0 Å². The molecule has 0 radical (unpaired) electrons. The molecule has 100 valence electrons. The summed E-state index contributed by atoms with van der Waals surface area (Å²) in [4.78, 5) is 14.3. The molecular weight excluding hydrogens is 280 g/mol. The second kappa shape index (κ2) is 5.99. The van der Waals surface area contributed by atoms with Crippen LogP contribution in [0.15, 0.2) is 36.5 Å². The van der Waals surface area contributed by atoms with Gasteiger partial charge in [0.15, 0.2) is 0 Å².